The van der Waals surface area contributed by atoms with Crippen molar-refractivity contribution in [2.24, 2.45) is 0 Å². The first-order valence-electron chi connectivity index (χ1n) is 7.65. The zero-order chi connectivity index (χ0) is 16.8. The second-order valence-corrected chi connectivity index (χ2v) is 5.87. The predicted octanol–water partition coefficient (Wildman–Crippen LogP) is 3.05. The molecule has 1 aromatic carbocycles. The maximum absolute atomic E-state index is 12.3. The Bertz CT molecular complexity index is 625. The van der Waals surface area contributed by atoms with Gasteiger partial charge in [-0.2, -0.15) is 0 Å². The van der Waals surface area contributed by atoms with Gasteiger partial charge in [-0.1, -0.05) is 12.1 Å². The fourth-order valence-corrected chi connectivity index (χ4v) is 2.28. The molecule has 2 amide bonds. The molecule has 0 aliphatic carbocycles. The number of hydrogen-bond acceptors (Lipinski definition) is 3. The lowest BCUT2D eigenvalue weighted by Crippen LogP contribution is -2.38. The Balaban J connectivity index is 1.92. The molecular weight excluding hydrogens is 288 g/mol. The highest BCUT2D eigenvalue weighted by atomic mass is 16.2. The Kier molecular flexibility index (Phi) is 5.57. The van der Waals surface area contributed by atoms with Crippen LogP contribution in [0.4, 0.5) is 10.5 Å². The van der Waals surface area contributed by atoms with E-state index in [4.69, 9.17) is 0 Å². The van der Waals surface area contributed by atoms with Crippen LogP contribution >= 0.6 is 0 Å². The van der Waals surface area contributed by atoms with Gasteiger partial charge in [0, 0.05) is 45.8 Å². The molecule has 0 aliphatic heterocycles. The second-order valence-electron chi connectivity index (χ2n) is 5.87. The molecule has 2 aromatic rings. The number of benzene rings is 1. The summed E-state index contributed by atoms with van der Waals surface area (Å²) in [7, 11) is 5.82. The van der Waals surface area contributed by atoms with Crippen LogP contribution in [0.25, 0.3) is 0 Å². The van der Waals surface area contributed by atoms with Crippen LogP contribution in [-0.2, 0) is 6.54 Å². The van der Waals surface area contributed by atoms with Gasteiger partial charge in [0.25, 0.3) is 0 Å². The minimum absolute atomic E-state index is 0.0518. The number of anilines is 1. The van der Waals surface area contributed by atoms with Crippen molar-refractivity contribution in [3.8, 4) is 0 Å². The van der Waals surface area contributed by atoms with Crippen molar-refractivity contribution in [1.29, 1.82) is 0 Å². The number of nitrogens with one attached hydrogen (secondary N) is 1. The molecule has 0 saturated carbocycles. The molecule has 5 nitrogen and oxygen atoms in total. The van der Waals surface area contributed by atoms with Crippen LogP contribution in [0.5, 0.6) is 0 Å². The van der Waals surface area contributed by atoms with E-state index in [0.717, 1.165) is 16.8 Å². The zero-order valence-corrected chi connectivity index (χ0v) is 14.2. The lowest BCUT2D eigenvalue weighted by Gasteiger charge is -2.22. The number of aromatic nitrogens is 1. The van der Waals surface area contributed by atoms with Crippen molar-refractivity contribution in [3.05, 3.63) is 59.9 Å². The molecule has 122 valence electrons. The highest BCUT2D eigenvalue weighted by Gasteiger charge is 2.13. The number of carbonyl (C=O) groups excluding carboxylic acids is 1. The molecule has 23 heavy (non-hydrogen) atoms. The normalized spacial score (nSPS) is 11.7. The van der Waals surface area contributed by atoms with E-state index in [1.807, 2.05) is 45.3 Å². The summed E-state index contributed by atoms with van der Waals surface area (Å²) in [6.45, 7) is 2.54. The predicted molar refractivity (Wildman–Crippen MR) is 93.4 cm³/mol. The average Bonchev–Trinajstić information content (AvgIpc) is 2.56. The first-order valence-corrected chi connectivity index (χ1v) is 7.65. The summed E-state index contributed by atoms with van der Waals surface area (Å²) in [5.41, 5.74) is 3.29. The maximum Gasteiger partial charge on any atom is 0.317 e. The van der Waals surface area contributed by atoms with Crippen LogP contribution in [0, 0.1) is 0 Å². The summed E-state index contributed by atoms with van der Waals surface area (Å²) < 4.78 is 0. The Labute approximate surface area is 137 Å². The van der Waals surface area contributed by atoms with Crippen LogP contribution in [0.2, 0.25) is 0 Å². The summed E-state index contributed by atoms with van der Waals surface area (Å²) >= 11 is 0. The first kappa shape index (κ1) is 16.8. The maximum atomic E-state index is 12.3. The Morgan fingerprint density at radius 3 is 2.26 bits per heavy atom. The van der Waals surface area contributed by atoms with Crippen molar-refractivity contribution >= 4 is 11.7 Å². The highest BCUT2D eigenvalue weighted by molar-refractivity contribution is 5.74. The third-order valence-corrected chi connectivity index (χ3v) is 3.77. The Morgan fingerprint density at radius 2 is 1.70 bits per heavy atom. The van der Waals surface area contributed by atoms with Crippen molar-refractivity contribution in [3.63, 3.8) is 0 Å². The van der Waals surface area contributed by atoms with Gasteiger partial charge in [0.05, 0.1) is 6.04 Å². The first-order chi connectivity index (χ1) is 11.0. The van der Waals surface area contributed by atoms with Crippen molar-refractivity contribution in [1.82, 2.24) is 15.2 Å². The van der Waals surface area contributed by atoms with Gasteiger partial charge >= 0.3 is 6.03 Å². The molecule has 1 heterocycles. The van der Waals surface area contributed by atoms with Crippen molar-refractivity contribution in [2.45, 2.75) is 19.5 Å². The lowest BCUT2D eigenvalue weighted by atomic mass is 10.1. The Hall–Kier alpha value is -2.56. The van der Waals surface area contributed by atoms with E-state index in [9.17, 15) is 4.79 Å². The van der Waals surface area contributed by atoms with E-state index >= 15 is 0 Å². The number of urea groups is 1. The third-order valence-electron chi connectivity index (χ3n) is 3.77. The molecule has 0 saturated heterocycles. The van der Waals surface area contributed by atoms with Gasteiger partial charge in [0.15, 0.2) is 0 Å². The van der Waals surface area contributed by atoms with E-state index in [1.165, 1.54) is 0 Å². The average molecular weight is 312 g/mol. The fraction of sp³-hybridized carbons (Fsp3) is 0.333. The highest BCUT2D eigenvalue weighted by Crippen LogP contribution is 2.14. The van der Waals surface area contributed by atoms with Gasteiger partial charge in [0.2, 0.25) is 0 Å². The van der Waals surface area contributed by atoms with E-state index in [1.54, 1.807) is 24.3 Å². The van der Waals surface area contributed by atoms with Crippen LogP contribution in [0.15, 0.2) is 48.8 Å². The lowest BCUT2D eigenvalue weighted by molar-refractivity contribution is 0.203. The molecule has 0 fully saturated rings. The zero-order valence-electron chi connectivity index (χ0n) is 14.2. The third kappa shape index (κ3) is 4.71. The fourth-order valence-electron chi connectivity index (χ4n) is 2.28. The summed E-state index contributed by atoms with van der Waals surface area (Å²) in [6.07, 6.45) is 3.46. The molecule has 2 rings (SSSR count). The number of carbonyl (C=O) groups is 1. The van der Waals surface area contributed by atoms with E-state index < -0.39 is 0 Å². The van der Waals surface area contributed by atoms with Gasteiger partial charge in [0.1, 0.15) is 0 Å². The number of nitrogens with zero attached hydrogens (tertiary/aromatic N) is 3. The topological polar surface area (TPSA) is 48.5 Å². The summed E-state index contributed by atoms with van der Waals surface area (Å²) in [5, 5.41) is 3.00. The molecule has 1 aromatic heterocycles. The van der Waals surface area contributed by atoms with Crippen LogP contribution in [0.1, 0.15) is 24.1 Å². The number of amides is 2. The largest absolute Gasteiger partial charge is 0.378 e. The van der Waals surface area contributed by atoms with E-state index in [2.05, 4.69) is 27.3 Å². The van der Waals surface area contributed by atoms with Crippen LogP contribution in [-0.4, -0.2) is 37.1 Å². The Morgan fingerprint density at radius 1 is 1.09 bits per heavy atom. The van der Waals surface area contributed by atoms with E-state index in [0.29, 0.717) is 6.54 Å². The van der Waals surface area contributed by atoms with Crippen molar-refractivity contribution in [2.75, 3.05) is 26.0 Å². The summed E-state index contributed by atoms with van der Waals surface area (Å²) in [6, 6.07) is 11.9. The van der Waals surface area contributed by atoms with Gasteiger partial charge in [-0.05, 0) is 42.3 Å². The molecule has 0 spiro atoms. The molecule has 5 heteroatoms. The van der Waals surface area contributed by atoms with Gasteiger partial charge in [-0.25, -0.2) is 4.79 Å². The summed E-state index contributed by atoms with van der Waals surface area (Å²) in [5.74, 6) is 0. The van der Waals surface area contributed by atoms with E-state index in [-0.39, 0.29) is 12.1 Å². The smallest absolute Gasteiger partial charge is 0.317 e. The number of rotatable bonds is 5. The van der Waals surface area contributed by atoms with Gasteiger partial charge in [-0.15, -0.1) is 0 Å². The molecule has 0 aliphatic rings. The van der Waals surface area contributed by atoms with Crippen LogP contribution in [0.3, 0.4) is 0 Å². The minimum Gasteiger partial charge on any atom is -0.378 e. The SMILES string of the molecule is CC(NC(=O)N(C)Cc1ccc(N(C)C)cc1)c1ccncc1. The number of pyridine rings is 1. The van der Waals surface area contributed by atoms with Crippen LogP contribution < -0.4 is 10.2 Å². The standard InChI is InChI=1S/C18H24N4O/c1-14(16-9-11-19-12-10-16)20-18(23)22(4)13-15-5-7-17(8-6-15)21(2)3/h5-12,14H,13H2,1-4H3,(H,20,23). The molecule has 1 atom stereocenters. The molecule has 1 unspecified atom stereocenters. The summed E-state index contributed by atoms with van der Waals surface area (Å²) in [4.78, 5) is 20.0. The molecular formula is C18H24N4O. The second kappa shape index (κ2) is 7.63. The molecule has 0 bridgehead atoms. The quantitative estimate of drug-likeness (QED) is 0.923. The monoisotopic (exact) mass is 312 g/mol. The van der Waals surface area contributed by atoms with Crippen molar-refractivity contribution < 1.29 is 4.79 Å². The molecule has 1 N–H and O–H groups in total. The molecule has 0 radical (unpaired) electrons. The number of hydrogen-bond donors (Lipinski definition) is 1. The van der Waals surface area contributed by atoms with Gasteiger partial charge in [-0.3, -0.25) is 4.98 Å². The van der Waals surface area contributed by atoms with Gasteiger partial charge < -0.3 is 15.1 Å². The minimum atomic E-state index is -0.0917.